The van der Waals surface area contributed by atoms with Gasteiger partial charge in [0.15, 0.2) is 0 Å². The second kappa shape index (κ2) is 12.8. The van der Waals surface area contributed by atoms with Crippen LogP contribution in [0.4, 0.5) is 0 Å². The lowest BCUT2D eigenvalue weighted by Crippen LogP contribution is -2.34. The van der Waals surface area contributed by atoms with Gasteiger partial charge in [-0.15, -0.1) is 0 Å². The van der Waals surface area contributed by atoms with Gasteiger partial charge in [0.1, 0.15) is 11.9 Å². The molecule has 8 nitrogen and oxygen atoms in total. The van der Waals surface area contributed by atoms with E-state index in [4.69, 9.17) is 18.5 Å². The molecule has 0 aliphatic carbocycles. The molecule has 5 unspecified atom stereocenters. The minimum absolute atomic E-state index is 0.0431. The number of rotatable bonds is 14. The largest absolute Gasteiger partial charge is 0.373 e. The number of nitrogens with one attached hydrogen (secondary N) is 1. The van der Waals surface area contributed by atoms with Crippen LogP contribution in [0.15, 0.2) is 0 Å². The van der Waals surface area contributed by atoms with Crippen LogP contribution in [0, 0.1) is 0 Å². The smallest absolute Gasteiger partial charge is 0.248 e. The third kappa shape index (κ3) is 10.7. The minimum atomic E-state index is -3.42. The molecule has 1 aliphatic rings. The van der Waals surface area contributed by atoms with Crippen LogP contribution in [0.5, 0.6) is 0 Å². The Labute approximate surface area is 174 Å². The average molecular weight is 435 g/mol. The molecule has 1 heterocycles. The second-order valence-electron chi connectivity index (χ2n) is 7.69. The number of hydrogen-bond donors (Lipinski definition) is 2. The topological polar surface area (TPSA) is 103 Å². The molecule has 1 aliphatic heterocycles. The molecule has 0 bridgehead atoms. The van der Waals surface area contributed by atoms with Crippen LogP contribution >= 0.6 is 7.57 Å². The zero-order valence-corrected chi connectivity index (χ0v) is 19.3. The Morgan fingerprint density at radius 3 is 2.59 bits per heavy atom. The second-order valence-corrected chi connectivity index (χ2v) is 9.44. The van der Waals surface area contributed by atoms with E-state index >= 15 is 0 Å². The van der Waals surface area contributed by atoms with Crippen molar-refractivity contribution in [3.8, 4) is 0 Å². The molecule has 1 saturated heterocycles. The van der Waals surface area contributed by atoms with Gasteiger partial charge in [-0.1, -0.05) is 13.8 Å². The van der Waals surface area contributed by atoms with Gasteiger partial charge in [0, 0.05) is 32.2 Å². The fourth-order valence-electron chi connectivity index (χ4n) is 3.06. The number of amides is 1. The predicted octanol–water partition coefficient (Wildman–Crippen LogP) is 2.83. The van der Waals surface area contributed by atoms with Gasteiger partial charge in [0.05, 0.1) is 31.0 Å². The molecule has 29 heavy (non-hydrogen) atoms. The summed E-state index contributed by atoms with van der Waals surface area (Å²) in [5.74, 6) is -0.0383. The Kier molecular flexibility index (Phi) is 11.6. The van der Waals surface area contributed by atoms with Gasteiger partial charge < -0.3 is 28.7 Å². The molecule has 170 valence electrons. The lowest BCUT2D eigenvalue weighted by molar-refractivity contribution is -0.121. The maximum Gasteiger partial charge on any atom is 0.248 e. The van der Waals surface area contributed by atoms with E-state index in [-0.39, 0.29) is 49.3 Å². The molecule has 0 radical (unpaired) electrons. The van der Waals surface area contributed by atoms with Crippen molar-refractivity contribution in [1.82, 2.24) is 5.32 Å². The Morgan fingerprint density at radius 1 is 1.31 bits per heavy atom. The molecule has 1 amide bonds. The van der Waals surface area contributed by atoms with Gasteiger partial charge in [0.2, 0.25) is 13.5 Å². The maximum absolute atomic E-state index is 11.7. The molecule has 0 spiro atoms. The van der Waals surface area contributed by atoms with E-state index < -0.39 is 13.7 Å². The van der Waals surface area contributed by atoms with E-state index in [1.807, 2.05) is 20.8 Å². The molecule has 1 rings (SSSR count). The third-order valence-electron chi connectivity index (χ3n) is 4.57. The highest BCUT2D eigenvalue weighted by Crippen LogP contribution is 2.45. The number of hydrogen-bond acceptors (Lipinski definition) is 7. The van der Waals surface area contributed by atoms with Gasteiger partial charge in [-0.3, -0.25) is 9.59 Å². The molecular weight excluding hydrogens is 397 g/mol. The van der Waals surface area contributed by atoms with E-state index in [1.54, 1.807) is 13.8 Å². The van der Waals surface area contributed by atoms with Gasteiger partial charge in [-0.2, -0.15) is 0 Å². The van der Waals surface area contributed by atoms with Crippen LogP contribution in [0.25, 0.3) is 0 Å². The van der Waals surface area contributed by atoms with Gasteiger partial charge in [-0.25, -0.2) is 0 Å². The van der Waals surface area contributed by atoms with Crippen LogP contribution in [-0.4, -0.2) is 66.6 Å². The van der Waals surface area contributed by atoms with Gasteiger partial charge >= 0.3 is 0 Å². The lowest BCUT2D eigenvalue weighted by atomic mass is 10.1. The Bertz CT molecular complexity index is 549. The highest BCUT2D eigenvalue weighted by Gasteiger charge is 2.35. The van der Waals surface area contributed by atoms with Crippen molar-refractivity contribution in [3.05, 3.63) is 0 Å². The summed E-state index contributed by atoms with van der Waals surface area (Å²) in [5.41, 5.74) is 0. The van der Waals surface area contributed by atoms with E-state index in [0.29, 0.717) is 25.7 Å². The number of ether oxygens (including phenoxy) is 2. The molecule has 0 aromatic rings. The summed E-state index contributed by atoms with van der Waals surface area (Å²) in [4.78, 5) is 33.8. The van der Waals surface area contributed by atoms with Crippen molar-refractivity contribution in [3.63, 3.8) is 0 Å². The highest BCUT2D eigenvalue weighted by atomic mass is 31.2. The molecule has 2 N–H and O–H groups in total. The highest BCUT2D eigenvalue weighted by molar-refractivity contribution is 7.58. The number of carbonyl (C=O) groups excluding carboxylic acids is 2. The normalized spacial score (nSPS) is 25.0. The quantitative estimate of drug-likeness (QED) is 0.404. The fourth-order valence-corrected chi connectivity index (χ4v) is 4.14. The summed E-state index contributed by atoms with van der Waals surface area (Å²) in [5, 5.41) is 2.73. The Balaban J connectivity index is 2.63. The lowest BCUT2D eigenvalue weighted by Gasteiger charge is -2.27. The summed E-state index contributed by atoms with van der Waals surface area (Å²) < 4.78 is 23.0. The first kappa shape index (κ1) is 26.3. The van der Waals surface area contributed by atoms with E-state index in [0.717, 1.165) is 6.42 Å². The Hall–Kier alpha value is -0.760. The number of carbonyl (C=O) groups is 2. The maximum atomic E-state index is 11.7. The minimum Gasteiger partial charge on any atom is -0.373 e. The van der Waals surface area contributed by atoms with Gasteiger partial charge in [0.25, 0.3) is 0 Å². The monoisotopic (exact) mass is 435 g/mol. The molecule has 0 saturated carbocycles. The Morgan fingerprint density at radius 2 is 2.00 bits per heavy atom. The third-order valence-corrected chi connectivity index (χ3v) is 5.75. The van der Waals surface area contributed by atoms with Crippen molar-refractivity contribution in [1.29, 1.82) is 0 Å². The SMILES string of the molecule is C=P(O)(OCC1OC(C)CC1OC(C)C)OC(CCC(=O)CC)CNC(=O)CC. The zero-order valence-electron chi connectivity index (χ0n) is 18.4. The van der Waals surface area contributed by atoms with Crippen molar-refractivity contribution in [2.45, 2.75) is 97.2 Å². The number of Topliss-reactive ketones (excluding diaryl/α,β-unsaturated/α-hetero) is 1. The van der Waals surface area contributed by atoms with E-state index in [9.17, 15) is 14.5 Å². The fraction of sp³-hybridized carbons (Fsp3) is 0.850. The summed E-state index contributed by atoms with van der Waals surface area (Å²) in [6, 6.07) is 0. The first-order chi connectivity index (χ1) is 13.6. The molecule has 5 atom stereocenters. The first-order valence-electron chi connectivity index (χ1n) is 10.4. The summed E-state index contributed by atoms with van der Waals surface area (Å²) >= 11 is 0. The van der Waals surface area contributed by atoms with Crippen LogP contribution in [0.3, 0.4) is 0 Å². The summed E-state index contributed by atoms with van der Waals surface area (Å²) in [7, 11) is -3.42. The summed E-state index contributed by atoms with van der Waals surface area (Å²) in [6.07, 6.45) is 5.00. The molecule has 0 aromatic carbocycles. The van der Waals surface area contributed by atoms with Crippen LogP contribution in [0.1, 0.15) is 66.7 Å². The molecular formula is C20H38NO7P. The standard InChI is InChI=1S/C20H38NO7P/c1-7-16(22)9-10-17(12-21-20(23)8-2)28-29(6,24)25-13-19-18(26-14(3)4)11-15(5)27-19/h14-15,17-19,24H,6-13H2,1-5H3,(H,21,23). The van der Waals surface area contributed by atoms with Crippen molar-refractivity contribution in [2.75, 3.05) is 13.2 Å². The van der Waals surface area contributed by atoms with Crippen LogP contribution in [-0.2, 0) is 28.1 Å². The number of ketones is 1. The average Bonchev–Trinajstić information content (AvgIpc) is 2.99. The van der Waals surface area contributed by atoms with Crippen LogP contribution < -0.4 is 5.32 Å². The molecule has 1 fully saturated rings. The zero-order chi connectivity index (χ0) is 22.0. The van der Waals surface area contributed by atoms with Gasteiger partial charge in [-0.05, 0) is 33.5 Å². The molecule has 0 aromatic heterocycles. The van der Waals surface area contributed by atoms with Crippen LogP contribution in [0.2, 0.25) is 0 Å². The first-order valence-corrected chi connectivity index (χ1v) is 12.2. The van der Waals surface area contributed by atoms with E-state index in [2.05, 4.69) is 11.6 Å². The van der Waals surface area contributed by atoms with Crippen molar-refractivity contribution in [2.24, 2.45) is 0 Å². The van der Waals surface area contributed by atoms with E-state index in [1.165, 1.54) is 0 Å². The van der Waals surface area contributed by atoms with Crippen molar-refractivity contribution >= 4 is 25.6 Å². The predicted molar refractivity (Wildman–Crippen MR) is 114 cm³/mol. The van der Waals surface area contributed by atoms with Crippen molar-refractivity contribution < 1.29 is 33.0 Å². The molecule has 9 heteroatoms. The summed E-state index contributed by atoms with van der Waals surface area (Å²) in [6.45, 7) is 9.71.